The van der Waals surface area contributed by atoms with Crippen molar-refractivity contribution in [2.24, 2.45) is 29.4 Å². The molecule has 0 aromatic rings. The van der Waals surface area contributed by atoms with Crippen LogP contribution in [0.2, 0.25) is 0 Å². The van der Waals surface area contributed by atoms with Crippen molar-refractivity contribution in [1.29, 1.82) is 0 Å². The second kappa shape index (κ2) is 10.5. The molecule has 0 saturated heterocycles. The first-order chi connectivity index (χ1) is 16.1. The number of aliphatic hydroxyl groups excluding tert-OH is 3. The van der Waals surface area contributed by atoms with Crippen molar-refractivity contribution in [2.75, 3.05) is 0 Å². The SMILES string of the molecule is C=C(O)/C=C\C(CCC(CC)CC)=C1/CC(=O)C2=C(O)C3C(=O)C(C(N)=O)=C(O)C[C@@H]3C[C@@H]2C1. The predicted octanol–water partition coefficient (Wildman–Crippen LogP) is 4.82. The summed E-state index contributed by atoms with van der Waals surface area (Å²) in [6.45, 7) is 7.83. The third kappa shape index (κ3) is 5.03. The zero-order chi connectivity index (χ0) is 25.2. The lowest BCUT2D eigenvalue weighted by molar-refractivity contribution is -0.126. The number of aliphatic hydroxyl groups is 3. The van der Waals surface area contributed by atoms with Gasteiger partial charge in [-0.15, -0.1) is 0 Å². The molecule has 0 radical (unpaired) electrons. The van der Waals surface area contributed by atoms with Crippen LogP contribution in [0, 0.1) is 23.7 Å². The Balaban J connectivity index is 1.95. The molecule has 3 rings (SSSR count). The second-order valence-electron chi connectivity index (χ2n) is 9.70. The number of primary amides is 1. The maximum Gasteiger partial charge on any atom is 0.255 e. The van der Waals surface area contributed by atoms with Crippen LogP contribution in [0.25, 0.3) is 0 Å². The molecule has 7 heteroatoms. The monoisotopic (exact) mass is 469 g/mol. The highest BCUT2D eigenvalue weighted by molar-refractivity contribution is 6.21. The standard InChI is InChI=1S/C27H35NO6/c1-4-15(5-2)7-9-16(8-6-14(3)29)17-10-18-11-19-13-21(31)24(27(28)34)26(33)23(19)25(32)22(18)20(30)12-17/h6,8,15,18-19,23,29,31-32H,3-5,7,9-13H2,1-2H3,(H2,28,34)/b8-6-,17-16+/t18-,19-,23?/m0/s1. The molecule has 184 valence electrons. The number of nitrogens with two attached hydrogens (primary N) is 1. The summed E-state index contributed by atoms with van der Waals surface area (Å²) in [6, 6.07) is 0. The lowest BCUT2D eigenvalue weighted by Gasteiger charge is -2.41. The van der Waals surface area contributed by atoms with Crippen molar-refractivity contribution in [1.82, 2.24) is 0 Å². The van der Waals surface area contributed by atoms with E-state index in [0.717, 1.165) is 36.8 Å². The van der Waals surface area contributed by atoms with Crippen LogP contribution in [-0.2, 0) is 14.4 Å². The lowest BCUT2D eigenvalue weighted by atomic mass is 9.62. The smallest absolute Gasteiger partial charge is 0.255 e. The maximum atomic E-state index is 13.2. The van der Waals surface area contributed by atoms with E-state index in [1.807, 2.05) is 6.08 Å². The number of carbonyl (C=O) groups excluding carboxylic acids is 3. The Hall–Kier alpha value is -3.09. The Kier molecular flexibility index (Phi) is 7.85. The van der Waals surface area contributed by atoms with Gasteiger partial charge in [0.2, 0.25) is 0 Å². The van der Waals surface area contributed by atoms with E-state index >= 15 is 0 Å². The van der Waals surface area contributed by atoms with Gasteiger partial charge in [0, 0.05) is 18.4 Å². The average molecular weight is 470 g/mol. The molecule has 1 saturated carbocycles. The molecule has 0 aliphatic heterocycles. The fourth-order valence-corrected chi connectivity index (χ4v) is 5.76. The molecular formula is C27H35NO6. The fourth-order valence-electron chi connectivity index (χ4n) is 5.76. The van der Waals surface area contributed by atoms with Gasteiger partial charge in [0.05, 0.1) is 5.92 Å². The van der Waals surface area contributed by atoms with Gasteiger partial charge >= 0.3 is 0 Å². The first-order valence-corrected chi connectivity index (χ1v) is 12.1. The van der Waals surface area contributed by atoms with Crippen LogP contribution in [0.4, 0.5) is 0 Å². The molecule has 3 aliphatic carbocycles. The summed E-state index contributed by atoms with van der Waals surface area (Å²) in [5.74, 6) is -3.79. The van der Waals surface area contributed by atoms with Crippen LogP contribution in [0.15, 0.2) is 58.3 Å². The average Bonchev–Trinajstić information content (AvgIpc) is 2.75. The van der Waals surface area contributed by atoms with Crippen LogP contribution < -0.4 is 5.73 Å². The zero-order valence-corrected chi connectivity index (χ0v) is 20.0. The number of Topliss-reactive ketones (excluding diaryl/α,β-unsaturated/α-hetero) is 2. The van der Waals surface area contributed by atoms with Crippen molar-refractivity contribution in [3.05, 3.63) is 58.3 Å². The number of amides is 1. The number of hydrogen-bond acceptors (Lipinski definition) is 6. The molecule has 0 bridgehead atoms. The summed E-state index contributed by atoms with van der Waals surface area (Å²) in [4.78, 5) is 37.7. The molecule has 0 aromatic heterocycles. The number of fused-ring (bicyclic) bond motifs is 2. The molecule has 3 aliphatic rings. The zero-order valence-electron chi connectivity index (χ0n) is 20.0. The number of ketones is 2. The minimum atomic E-state index is -1.03. The predicted molar refractivity (Wildman–Crippen MR) is 129 cm³/mol. The molecular weight excluding hydrogens is 434 g/mol. The fraction of sp³-hybridized carbons (Fsp3) is 0.519. The highest BCUT2D eigenvalue weighted by atomic mass is 16.3. The van der Waals surface area contributed by atoms with E-state index in [1.54, 1.807) is 0 Å². The molecule has 7 nitrogen and oxygen atoms in total. The number of carbonyl (C=O) groups is 3. The third-order valence-corrected chi connectivity index (χ3v) is 7.63. The van der Waals surface area contributed by atoms with E-state index < -0.39 is 29.1 Å². The van der Waals surface area contributed by atoms with Gasteiger partial charge in [0.25, 0.3) is 5.91 Å². The van der Waals surface area contributed by atoms with Gasteiger partial charge in [-0.2, -0.15) is 0 Å². The van der Waals surface area contributed by atoms with Crippen molar-refractivity contribution in [3.8, 4) is 0 Å². The normalized spacial score (nSPS) is 26.7. The van der Waals surface area contributed by atoms with Crippen molar-refractivity contribution in [2.45, 2.75) is 65.2 Å². The molecule has 1 unspecified atom stereocenters. The van der Waals surface area contributed by atoms with E-state index in [2.05, 4.69) is 20.4 Å². The number of rotatable bonds is 8. The van der Waals surface area contributed by atoms with Crippen LogP contribution in [-0.4, -0.2) is 32.8 Å². The summed E-state index contributed by atoms with van der Waals surface area (Å²) in [5, 5.41) is 30.8. The summed E-state index contributed by atoms with van der Waals surface area (Å²) in [7, 11) is 0. The molecule has 0 heterocycles. The topological polar surface area (TPSA) is 138 Å². The molecule has 34 heavy (non-hydrogen) atoms. The minimum Gasteiger partial charge on any atom is -0.511 e. The van der Waals surface area contributed by atoms with E-state index in [4.69, 9.17) is 5.73 Å². The van der Waals surface area contributed by atoms with E-state index in [9.17, 15) is 29.7 Å². The number of allylic oxidation sites excluding steroid dienone is 7. The molecule has 1 fully saturated rings. The molecule has 3 atom stereocenters. The van der Waals surface area contributed by atoms with E-state index in [-0.39, 0.29) is 47.4 Å². The van der Waals surface area contributed by atoms with Gasteiger partial charge in [-0.05, 0) is 55.1 Å². The van der Waals surface area contributed by atoms with E-state index in [0.29, 0.717) is 18.8 Å². The summed E-state index contributed by atoms with van der Waals surface area (Å²) in [6.07, 6.45) is 8.42. The van der Waals surface area contributed by atoms with Gasteiger partial charge in [0.15, 0.2) is 11.6 Å². The summed E-state index contributed by atoms with van der Waals surface area (Å²) in [5.41, 5.74) is 7.01. The summed E-state index contributed by atoms with van der Waals surface area (Å²) < 4.78 is 0. The molecule has 1 amide bonds. The van der Waals surface area contributed by atoms with Gasteiger partial charge < -0.3 is 21.1 Å². The highest BCUT2D eigenvalue weighted by Gasteiger charge is 2.49. The van der Waals surface area contributed by atoms with Crippen molar-refractivity contribution in [3.63, 3.8) is 0 Å². The largest absolute Gasteiger partial charge is 0.511 e. The quantitative estimate of drug-likeness (QED) is 0.228. The Morgan fingerprint density at radius 3 is 2.44 bits per heavy atom. The maximum absolute atomic E-state index is 13.2. The Morgan fingerprint density at radius 2 is 1.85 bits per heavy atom. The molecule has 0 spiro atoms. The van der Waals surface area contributed by atoms with Gasteiger partial charge in [0.1, 0.15) is 22.9 Å². The number of hydrogen-bond donors (Lipinski definition) is 4. The molecule has 0 aromatic carbocycles. The van der Waals surface area contributed by atoms with Gasteiger partial charge in [-0.3, -0.25) is 14.4 Å². The van der Waals surface area contributed by atoms with Crippen LogP contribution >= 0.6 is 0 Å². The Morgan fingerprint density at radius 1 is 1.18 bits per heavy atom. The Labute approximate surface area is 200 Å². The second-order valence-corrected chi connectivity index (χ2v) is 9.70. The Bertz CT molecular complexity index is 1020. The van der Waals surface area contributed by atoms with Gasteiger partial charge in [-0.25, -0.2) is 0 Å². The van der Waals surface area contributed by atoms with Crippen molar-refractivity contribution >= 4 is 17.5 Å². The molecule has 5 N–H and O–H groups in total. The van der Waals surface area contributed by atoms with E-state index in [1.165, 1.54) is 6.08 Å². The summed E-state index contributed by atoms with van der Waals surface area (Å²) >= 11 is 0. The van der Waals surface area contributed by atoms with Crippen LogP contribution in [0.1, 0.15) is 65.2 Å². The van der Waals surface area contributed by atoms with Gasteiger partial charge in [-0.1, -0.05) is 44.9 Å². The third-order valence-electron chi connectivity index (χ3n) is 7.63. The first-order valence-electron chi connectivity index (χ1n) is 12.1. The van der Waals surface area contributed by atoms with Crippen LogP contribution in [0.5, 0.6) is 0 Å². The minimum absolute atomic E-state index is 0.0571. The lowest BCUT2D eigenvalue weighted by Crippen LogP contribution is -2.43. The van der Waals surface area contributed by atoms with Crippen molar-refractivity contribution < 1.29 is 29.7 Å². The van der Waals surface area contributed by atoms with Crippen LogP contribution in [0.3, 0.4) is 0 Å². The first kappa shape index (κ1) is 25.5. The highest BCUT2D eigenvalue weighted by Crippen LogP contribution is 2.49.